The van der Waals surface area contributed by atoms with E-state index in [1.807, 2.05) is 0 Å². The quantitative estimate of drug-likeness (QED) is 0.709. The Morgan fingerprint density at radius 3 is 2.80 bits per heavy atom. The third kappa shape index (κ3) is 2.39. The Labute approximate surface area is 123 Å². The molecule has 0 radical (unpaired) electrons. The molecule has 8 heteroatoms. The topological polar surface area (TPSA) is 87.7 Å². The number of hydrogen-bond donors (Lipinski definition) is 2. The van der Waals surface area contributed by atoms with Gasteiger partial charge in [0.2, 0.25) is 0 Å². The number of H-pyrrole nitrogens is 1. The van der Waals surface area contributed by atoms with Gasteiger partial charge in [-0.25, -0.2) is 18.4 Å². The first-order chi connectivity index (χ1) is 9.56. The second kappa shape index (κ2) is 4.88. The van der Waals surface area contributed by atoms with Crippen molar-refractivity contribution in [1.82, 2.24) is 15.0 Å². The van der Waals surface area contributed by atoms with Crippen LogP contribution in [0.25, 0.3) is 11.0 Å². The summed E-state index contributed by atoms with van der Waals surface area (Å²) in [4.78, 5) is 11.0. The van der Waals surface area contributed by atoms with Gasteiger partial charge in [-0.15, -0.1) is 0 Å². The maximum absolute atomic E-state index is 12.4. The molecular weight excluding hydrogens is 344 g/mol. The van der Waals surface area contributed by atoms with Crippen molar-refractivity contribution < 1.29 is 8.42 Å². The van der Waals surface area contributed by atoms with Gasteiger partial charge < -0.3 is 4.98 Å². The molecule has 3 heterocycles. The van der Waals surface area contributed by atoms with Gasteiger partial charge in [-0.3, -0.25) is 4.72 Å². The van der Waals surface area contributed by atoms with Crippen LogP contribution < -0.4 is 4.72 Å². The summed E-state index contributed by atoms with van der Waals surface area (Å²) in [6.07, 6.45) is 4.46. The molecule has 0 aliphatic heterocycles. The van der Waals surface area contributed by atoms with E-state index in [4.69, 9.17) is 0 Å². The van der Waals surface area contributed by atoms with E-state index in [1.54, 1.807) is 30.5 Å². The number of hydrogen-bond acceptors (Lipinski definition) is 4. The van der Waals surface area contributed by atoms with E-state index in [0.29, 0.717) is 21.3 Å². The van der Waals surface area contributed by atoms with Crippen LogP contribution in [-0.2, 0) is 10.0 Å². The molecule has 20 heavy (non-hydrogen) atoms. The molecule has 102 valence electrons. The van der Waals surface area contributed by atoms with Crippen LogP contribution in [0.3, 0.4) is 0 Å². The highest BCUT2D eigenvalue weighted by Crippen LogP contribution is 2.23. The zero-order chi connectivity index (χ0) is 14.2. The summed E-state index contributed by atoms with van der Waals surface area (Å²) in [5.41, 5.74) is 0.924. The van der Waals surface area contributed by atoms with Crippen molar-refractivity contribution in [3.63, 3.8) is 0 Å². The summed E-state index contributed by atoms with van der Waals surface area (Å²) in [6.45, 7) is 0. The van der Waals surface area contributed by atoms with Gasteiger partial charge in [0, 0.05) is 17.8 Å². The first-order valence-electron chi connectivity index (χ1n) is 5.63. The van der Waals surface area contributed by atoms with Crippen LogP contribution in [0.2, 0.25) is 0 Å². The predicted molar refractivity (Wildman–Crippen MR) is 78.8 cm³/mol. The number of pyridine rings is 2. The Kier molecular flexibility index (Phi) is 3.19. The Morgan fingerprint density at radius 2 is 2.05 bits per heavy atom. The lowest BCUT2D eigenvalue weighted by atomic mass is 10.3. The Balaban J connectivity index is 2.01. The summed E-state index contributed by atoms with van der Waals surface area (Å²) in [5.74, 6) is 0. The Hall–Kier alpha value is -1.93. The van der Waals surface area contributed by atoms with Crippen molar-refractivity contribution in [2.24, 2.45) is 0 Å². The molecule has 0 spiro atoms. The number of halogens is 1. The van der Waals surface area contributed by atoms with E-state index in [9.17, 15) is 8.42 Å². The lowest BCUT2D eigenvalue weighted by Gasteiger charge is -2.06. The van der Waals surface area contributed by atoms with Crippen molar-refractivity contribution in [3.05, 3.63) is 47.5 Å². The van der Waals surface area contributed by atoms with Crippen molar-refractivity contribution in [2.75, 3.05) is 4.72 Å². The summed E-state index contributed by atoms with van der Waals surface area (Å²) in [6, 6.07) is 6.68. The molecule has 0 saturated carbocycles. The van der Waals surface area contributed by atoms with Gasteiger partial charge in [-0.05, 0) is 40.2 Å². The van der Waals surface area contributed by atoms with E-state index in [2.05, 4.69) is 35.6 Å². The highest BCUT2D eigenvalue weighted by atomic mass is 79.9. The van der Waals surface area contributed by atoms with Gasteiger partial charge in [0.15, 0.2) is 0 Å². The molecule has 0 amide bonds. The molecular formula is C12H9BrN4O2S. The number of nitrogens with one attached hydrogen (secondary N) is 2. The zero-order valence-electron chi connectivity index (χ0n) is 10.0. The van der Waals surface area contributed by atoms with Gasteiger partial charge in [0.25, 0.3) is 10.0 Å². The van der Waals surface area contributed by atoms with E-state index in [1.165, 1.54) is 12.4 Å². The number of rotatable bonds is 3. The Bertz CT molecular complexity index is 859. The van der Waals surface area contributed by atoms with Crippen LogP contribution in [0.5, 0.6) is 0 Å². The van der Waals surface area contributed by atoms with Crippen LogP contribution in [0.4, 0.5) is 5.69 Å². The summed E-state index contributed by atoms with van der Waals surface area (Å²) in [7, 11) is -3.69. The molecule has 3 rings (SSSR count). The van der Waals surface area contributed by atoms with Crippen LogP contribution in [0, 0.1) is 0 Å². The average molecular weight is 353 g/mol. The third-order valence-electron chi connectivity index (χ3n) is 2.68. The number of aromatic nitrogens is 3. The van der Waals surface area contributed by atoms with E-state index in [0.717, 1.165) is 0 Å². The average Bonchev–Trinajstić information content (AvgIpc) is 2.86. The number of sulfonamides is 1. The van der Waals surface area contributed by atoms with E-state index < -0.39 is 10.0 Å². The lowest BCUT2D eigenvalue weighted by Crippen LogP contribution is -2.12. The van der Waals surface area contributed by atoms with Crippen molar-refractivity contribution in [3.8, 4) is 0 Å². The smallest absolute Gasteiger partial charge is 0.264 e. The van der Waals surface area contributed by atoms with Crippen LogP contribution in [-0.4, -0.2) is 23.4 Å². The maximum atomic E-state index is 12.4. The van der Waals surface area contributed by atoms with Crippen LogP contribution >= 0.6 is 15.9 Å². The van der Waals surface area contributed by atoms with Crippen molar-refractivity contribution >= 4 is 42.7 Å². The van der Waals surface area contributed by atoms with Gasteiger partial charge in [-0.1, -0.05) is 0 Å². The molecule has 0 aromatic carbocycles. The Morgan fingerprint density at radius 1 is 1.20 bits per heavy atom. The molecule has 0 unspecified atom stereocenters. The number of nitrogens with zero attached hydrogens (tertiary/aromatic N) is 2. The lowest BCUT2D eigenvalue weighted by molar-refractivity contribution is 0.602. The normalized spacial score (nSPS) is 11.7. The molecule has 3 aromatic heterocycles. The standard InChI is InChI=1S/C12H9BrN4O2S/c13-11-4-3-8(6-15-11)17-20(18,19)10-7-16-12-9(10)2-1-5-14-12/h1-7,17H,(H,14,16). The third-order valence-corrected chi connectivity index (χ3v) is 4.57. The number of anilines is 1. The molecule has 3 aromatic rings. The van der Waals surface area contributed by atoms with Crippen molar-refractivity contribution in [1.29, 1.82) is 0 Å². The predicted octanol–water partition coefficient (Wildman–Crippen LogP) is 2.52. The second-order valence-corrected chi connectivity index (χ2v) is 6.49. The highest BCUT2D eigenvalue weighted by molar-refractivity contribution is 9.10. The van der Waals surface area contributed by atoms with E-state index >= 15 is 0 Å². The molecule has 0 aliphatic rings. The first-order valence-corrected chi connectivity index (χ1v) is 7.90. The summed E-state index contributed by atoms with van der Waals surface area (Å²) >= 11 is 3.19. The number of aromatic amines is 1. The fourth-order valence-corrected chi connectivity index (χ4v) is 3.24. The molecule has 0 atom stereocenters. The fraction of sp³-hybridized carbons (Fsp3) is 0. The van der Waals surface area contributed by atoms with Crippen molar-refractivity contribution in [2.45, 2.75) is 4.90 Å². The minimum absolute atomic E-state index is 0.156. The van der Waals surface area contributed by atoms with Gasteiger partial charge >= 0.3 is 0 Å². The molecule has 2 N–H and O–H groups in total. The van der Waals surface area contributed by atoms with Gasteiger partial charge in [0.05, 0.1) is 11.9 Å². The van der Waals surface area contributed by atoms with Crippen LogP contribution in [0.15, 0.2) is 52.4 Å². The SMILES string of the molecule is O=S(=O)(Nc1ccc(Br)nc1)c1c[nH]c2ncccc12. The minimum Gasteiger partial charge on any atom is -0.345 e. The van der Waals surface area contributed by atoms with Gasteiger partial charge in [-0.2, -0.15) is 0 Å². The molecule has 6 nitrogen and oxygen atoms in total. The largest absolute Gasteiger partial charge is 0.345 e. The minimum atomic E-state index is -3.69. The zero-order valence-corrected chi connectivity index (χ0v) is 12.4. The fourth-order valence-electron chi connectivity index (χ4n) is 1.80. The monoisotopic (exact) mass is 352 g/mol. The van der Waals surface area contributed by atoms with E-state index in [-0.39, 0.29) is 4.90 Å². The van der Waals surface area contributed by atoms with Crippen LogP contribution in [0.1, 0.15) is 0 Å². The first kappa shape index (κ1) is 13.1. The number of fused-ring (bicyclic) bond motifs is 1. The summed E-state index contributed by atoms with van der Waals surface area (Å²) in [5, 5.41) is 0.546. The summed E-state index contributed by atoms with van der Waals surface area (Å²) < 4.78 is 27.8. The molecule has 0 aliphatic carbocycles. The molecule has 0 bridgehead atoms. The van der Waals surface area contributed by atoms with Gasteiger partial charge in [0.1, 0.15) is 15.1 Å². The highest BCUT2D eigenvalue weighted by Gasteiger charge is 2.19. The molecule has 0 fully saturated rings. The molecule has 0 saturated heterocycles. The second-order valence-electron chi connectivity index (χ2n) is 4.03. The maximum Gasteiger partial charge on any atom is 0.264 e.